The van der Waals surface area contributed by atoms with Gasteiger partial charge in [0.25, 0.3) is 0 Å². The predicted octanol–water partition coefficient (Wildman–Crippen LogP) is 4.38. The average molecular weight is 414 g/mol. The highest BCUT2D eigenvalue weighted by atomic mass is 16.5. The number of carboxylic acid groups (broad SMARTS) is 1. The van der Waals surface area contributed by atoms with Gasteiger partial charge >= 0.3 is 5.97 Å². The number of piperidine rings is 1. The van der Waals surface area contributed by atoms with Gasteiger partial charge < -0.3 is 19.3 Å². The van der Waals surface area contributed by atoms with E-state index in [4.69, 9.17) is 14.2 Å². The van der Waals surface area contributed by atoms with Crippen molar-refractivity contribution in [2.24, 2.45) is 5.92 Å². The molecule has 1 aliphatic heterocycles. The summed E-state index contributed by atoms with van der Waals surface area (Å²) < 4.78 is 17.2. The summed E-state index contributed by atoms with van der Waals surface area (Å²) in [5, 5.41) is 9.39. The highest BCUT2D eigenvalue weighted by Crippen LogP contribution is 2.40. The number of ether oxygens (including phenoxy) is 3. The van der Waals surface area contributed by atoms with Gasteiger partial charge in [-0.2, -0.15) is 0 Å². The Morgan fingerprint density at radius 3 is 2.33 bits per heavy atom. The van der Waals surface area contributed by atoms with Gasteiger partial charge in [-0.15, -0.1) is 0 Å². The first-order valence-electron chi connectivity index (χ1n) is 10.6. The maximum atomic E-state index is 11.4. The molecule has 30 heavy (non-hydrogen) atoms. The van der Waals surface area contributed by atoms with Gasteiger partial charge in [-0.3, -0.25) is 9.69 Å². The number of nitrogens with zero attached hydrogens (tertiary/aromatic N) is 1. The molecule has 0 saturated carbocycles. The standard InChI is InChI=1S/C24H31NO5/c1-4-29-21-11-10-18(16-22(21)30-5-2)23(19-8-6-7-9-20(19)28-3)25-14-12-17(13-15-25)24(26)27/h6-11,16-17,23H,4-5,12-15H2,1-3H3,(H,26,27). The predicted molar refractivity (Wildman–Crippen MR) is 116 cm³/mol. The van der Waals surface area contributed by atoms with Gasteiger partial charge in [0.15, 0.2) is 11.5 Å². The number of benzene rings is 2. The number of para-hydroxylation sites is 1. The second-order valence-electron chi connectivity index (χ2n) is 7.37. The Bertz CT molecular complexity index is 845. The Balaban J connectivity index is 2.02. The van der Waals surface area contributed by atoms with Gasteiger partial charge in [0.05, 0.1) is 32.3 Å². The van der Waals surface area contributed by atoms with Crippen molar-refractivity contribution in [3.05, 3.63) is 53.6 Å². The van der Waals surface area contributed by atoms with Crippen molar-refractivity contribution in [3.63, 3.8) is 0 Å². The Kier molecular flexibility index (Phi) is 7.57. The van der Waals surface area contributed by atoms with Crippen LogP contribution in [-0.2, 0) is 4.79 Å². The van der Waals surface area contributed by atoms with Crippen LogP contribution in [0.2, 0.25) is 0 Å². The molecule has 1 heterocycles. The molecule has 0 amide bonds. The molecule has 2 aromatic rings. The van der Waals surface area contributed by atoms with Crippen LogP contribution in [0, 0.1) is 5.92 Å². The van der Waals surface area contributed by atoms with E-state index in [0.717, 1.165) is 28.4 Å². The van der Waals surface area contributed by atoms with Crippen LogP contribution < -0.4 is 14.2 Å². The molecule has 1 unspecified atom stereocenters. The number of hydrogen-bond acceptors (Lipinski definition) is 5. The lowest BCUT2D eigenvalue weighted by Gasteiger charge is -2.37. The Hall–Kier alpha value is -2.73. The quantitative estimate of drug-likeness (QED) is 0.658. The van der Waals surface area contributed by atoms with Crippen LogP contribution in [0.3, 0.4) is 0 Å². The number of aliphatic carboxylic acids is 1. The van der Waals surface area contributed by atoms with Crippen LogP contribution in [0.4, 0.5) is 0 Å². The molecule has 1 fully saturated rings. The average Bonchev–Trinajstić information content (AvgIpc) is 2.76. The first-order chi connectivity index (χ1) is 14.6. The van der Waals surface area contributed by atoms with Crippen molar-refractivity contribution in [1.29, 1.82) is 0 Å². The molecule has 6 nitrogen and oxygen atoms in total. The lowest BCUT2D eigenvalue weighted by Crippen LogP contribution is -2.39. The highest BCUT2D eigenvalue weighted by molar-refractivity contribution is 5.70. The molecule has 1 atom stereocenters. The Morgan fingerprint density at radius 1 is 1.03 bits per heavy atom. The summed E-state index contributed by atoms with van der Waals surface area (Å²) in [6, 6.07) is 14.0. The zero-order chi connectivity index (χ0) is 21.5. The third-order valence-corrected chi connectivity index (χ3v) is 5.56. The summed E-state index contributed by atoms with van der Waals surface area (Å²) in [4.78, 5) is 13.8. The first kappa shape index (κ1) is 22.0. The maximum Gasteiger partial charge on any atom is 0.306 e. The van der Waals surface area contributed by atoms with Gasteiger partial charge in [-0.25, -0.2) is 0 Å². The van der Waals surface area contributed by atoms with E-state index in [9.17, 15) is 9.90 Å². The minimum atomic E-state index is -0.705. The van der Waals surface area contributed by atoms with E-state index in [1.165, 1.54) is 0 Å². The molecule has 1 saturated heterocycles. The number of hydrogen-bond donors (Lipinski definition) is 1. The second kappa shape index (κ2) is 10.3. The molecule has 0 aliphatic carbocycles. The molecule has 162 valence electrons. The van der Waals surface area contributed by atoms with Crippen LogP contribution in [0.5, 0.6) is 17.2 Å². The van der Waals surface area contributed by atoms with Gasteiger partial charge in [0.2, 0.25) is 0 Å². The largest absolute Gasteiger partial charge is 0.496 e. The van der Waals surface area contributed by atoms with E-state index < -0.39 is 5.97 Å². The van der Waals surface area contributed by atoms with Gasteiger partial charge in [-0.05, 0) is 63.5 Å². The molecular weight excluding hydrogens is 382 g/mol. The molecule has 2 aromatic carbocycles. The van der Waals surface area contributed by atoms with E-state index in [0.29, 0.717) is 39.1 Å². The van der Waals surface area contributed by atoms with Gasteiger partial charge in [0.1, 0.15) is 5.75 Å². The SMILES string of the molecule is CCOc1ccc(C(c2ccccc2OC)N2CCC(C(=O)O)CC2)cc1OCC. The van der Waals surface area contributed by atoms with Crippen LogP contribution in [-0.4, -0.2) is 49.4 Å². The zero-order valence-corrected chi connectivity index (χ0v) is 18.0. The number of carboxylic acids is 1. The summed E-state index contributed by atoms with van der Waals surface area (Å²) in [5.41, 5.74) is 2.13. The third-order valence-electron chi connectivity index (χ3n) is 5.56. The zero-order valence-electron chi connectivity index (χ0n) is 18.0. The third kappa shape index (κ3) is 4.87. The fourth-order valence-electron chi connectivity index (χ4n) is 4.12. The van der Waals surface area contributed by atoms with Crippen molar-refractivity contribution >= 4 is 5.97 Å². The molecule has 1 N–H and O–H groups in total. The topological polar surface area (TPSA) is 68.2 Å². The monoisotopic (exact) mass is 413 g/mol. The molecule has 0 bridgehead atoms. The van der Waals surface area contributed by atoms with Crippen molar-refractivity contribution in [2.75, 3.05) is 33.4 Å². The fourth-order valence-corrected chi connectivity index (χ4v) is 4.12. The molecule has 0 radical (unpaired) electrons. The number of carbonyl (C=O) groups is 1. The van der Waals surface area contributed by atoms with Gasteiger partial charge in [0, 0.05) is 5.56 Å². The summed E-state index contributed by atoms with van der Waals surface area (Å²) >= 11 is 0. The molecular formula is C24H31NO5. The fraction of sp³-hybridized carbons (Fsp3) is 0.458. The maximum absolute atomic E-state index is 11.4. The number of likely N-dealkylation sites (tertiary alicyclic amines) is 1. The summed E-state index contributed by atoms with van der Waals surface area (Å²) in [7, 11) is 1.68. The summed E-state index contributed by atoms with van der Waals surface area (Å²) in [5.74, 6) is 1.28. The number of methoxy groups -OCH3 is 1. The van der Waals surface area contributed by atoms with Crippen LogP contribution in [0.25, 0.3) is 0 Å². The van der Waals surface area contributed by atoms with E-state index in [-0.39, 0.29) is 12.0 Å². The minimum absolute atomic E-state index is 0.0641. The number of rotatable bonds is 9. The molecule has 3 rings (SSSR count). The first-order valence-corrected chi connectivity index (χ1v) is 10.6. The normalized spacial score (nSPS) is 16.1. The van der Waals surface area contributed by atoms with E-state index >= 15 is 0 Å². The van der Waals surface area contributed by atoms with Crippen molar-refractivity contribution in [3.8, 4) is 17.2 Å². The van der Waals surface area contributed by atoms with E-state index in [1.54, 1.807) is 7.11 Å². The van der Waals surface area contributed by atoms with Crippen LogP contribution in [0.1, 0.15) is 43.9 Å². The summed E-state index contributed by atoms with van der Waals surface area (Å²) in [6.07, 6.45) is 1.27. The van der Waals surface area contributed by atoms with Crippen molar-refractivity contribution < 1.29 is 24.1 Å². The highest BCUT2D eigenvalue weighted by Gasteiger charge is 2.32. The Morgan fingerprint density at radius 2 is 1.70 bits per heavy atom. The van der Waals surface area contributed by atoms with Crippen LogP contribution >= 0.6 is 0 Å². The molecule has 1 aliphatic rings. The van der Waals surface area contributed by atoms with Crippen molar-refractivity contribution in [2.45, 2.75) is 32.7 Å². The lowest BCUT2D eigenvalue weighted by atomic mass is 9.90. The smallest absolute Gasteiger partial charge is 0.306 e. The minimum Gasteiger partial charge on any atom is -0.496 e. The van der Waals surface area contributed by atoms with Crippen LogP contribution in [0.15, 0.2) is 42.5 Å². The van der Waals surface area contributed by atoms with E-state index in [1.807, 2.05) is 44.2 Å². The van der Waals surface area contributed by atoms with Gasteiger partial charge in [-0.1, -0.05) is 24.3 Å². The molecule has 0 aromatic heterocycles. The lowest BCUT2D eigenvalue weighted by molar-refractivity contribution is -0.143. The second-order valence-corrected chi connectivity index (χ2v) is 7.37. The van der Waals surface area contributed by atoms with E-state index in [2.05, 4.69) is 17.0 Å². The molecule has 6 heteroatoms. The molecule has 0 spiro atoms. The Labute approximate surface area is 178 Å². The summed E-state index contributed by atoms with van der Waals surface area (Å²) in [6.45, 7) is 6.43. The van der Waals surface area contributed by atoms with Crippen molar-refractivity contribution in [1.82, 2.24) is 4.90 Å².